The summed E-state index contributed by atoms with van der Waals surface area (Å²) >= 11 is 3.45. The van der Waals surface area contributed by atoms with Crippen molar-refractivity contribution in [1.29, 1.82) is 0 Å². The first-order valence-electron chi connectivity index (χ1n) is 6.30. The third-order valence-corrected chi connectivity index (χ3v) is 3.55. The molecule has 2 nitrogen and oxygen atoms in total. The van der Waals surface area contributed by atoms with E-state index in [0.717, 1.165) is 41.1 Å². The van der Waals surface area contributed by atoms with Crippen molar-refractivity contribution in [3.05, 3.63) is 41.3 Å². The van der Waals surface area contributed by atoms with Crippen molar-refractivity contribution in [2.75, 3.05) is 5.33 Å². The Labute approximate surface area is 117 Å². The molecule has 0 bridgehead atoms. The number of aromatic nitrogens is 1. The van der Waals surface area contributed by atoms with Gasteiger partial charge in [-0.15, -0.1) is 0 Å². The molecule has 0 amide bonds. The minimum Gasteiger partial charge on any atom is -0.441 e. The van der Waals surface area contributed by atoms with E-state index in [-0.39, 0.29) is 0 Å². The van der Waals surface area contributed by atoms with Crippen LogP contribution in [0.2, 0.25) is 0 Å². The minimum atomic E-state index is 0.737. The third kappa shape index (κ3) is 3.22. The molecule has 96 valence electrons. The summed E-state index contributed by atoms with van der Waals surface area (Å²) in [5.74, 6) is 1.68. The number of nitrogens with zero attached hydrogens (tertiary/aromatic N) is 1. The highest BCUT2D eigenvalue weighted by atomic mass is 79.9. The van der Waals surface area contributed by atoms with Crippen molar-refractivity contribution >= 4 is 15.9 Å². The number of aryl methyl sites for hydroxylation is 3. The maximum absolute atomic E-state index is 5.75. The zero-order valence-corrected chi connectivity index (χ0v) is 12.5. The number of oxazole rings is 1. The Bertz CT molecular complexity index is 502. The summed E-state index contributed by atoms with van der Waals surface area (Å²) in [6, 6.07) is 8.28. The monoisotopic (exact) mass is 307 g/mol. The molecule has 0 aliphatic carbocycles. The molecule has 1 aromatic heterocycles. The van der Waals surface area contributed by atoms with Gasteiger partial charge >= 0.3 is 0 Å². The van der Waals surface area contributed by atoms with Crippen molar-refractivity contribution in [3.63, 3.8) is 0 Å². The Hall–Kier alpha value is -1.09. The van der Waals surface area contributed by atoms with Crippen LogP contribution < -0.4 is 0 Å². The Balaban J connectivity index is 2.15. The van der Waals surface area contributed by atoms with Crippen LogP contribution in [0.15, 0.2) is 28.7 Å². The van der Waals surface area contributed by atoms with Crippen LogP contribution in [-0.4, -0.2) is 10.3 Å². The predicted molar refractivity (Wildman–Crippen MR) is 78.1 cm³/mol. The van der Waals surface area contributed by atoms with Gasteiger partial charge in [-0.3, -0.25) is 0 Å². The number of alkyl halides is 1. The number of rotatable bonds is 5. The quantitative estimate of drug-likeness (QED) is 0.592. The summed E-state index contributed by atoms with van der Waals surface area (Å²) in [6.07, 6.45) is 3.31. The van der Waals surface area contributed by atoms with E-state index >= 15 is 0 Å². The average molecular weight is 308 g/mol. The summed E-state index contributed by atoms with van der Waals surface area (Å²) in [5, 5.41) is 1.05. The number of hydrogen-bond acceptors (Lipinski definition) is 2. The van der Waals surface area contributed by atoms with Gasteiger partial charge in [0.05, 0.1) is 5.69 Å². The van der Waals surface area contributed by atoms with E-state index in [4.69, 9.17) is 4.42 Å². The minimum absolute atomic E-state index is 0.737. The molecule has 0 aliphatic heterocycles. The lowest BCUT2D eigenvalue weighted by Gasteiger charge is -1.95. The van der Waals surface area contributed by atoms with Crippen LogP contribution in [0.3, 0.4) is 0 Å². The van der Waals surface area contributed by atoms with E-state index in [9.17, 15) is 0 Å². The Morgan fingerprint density at radius 3 is 2.50 bits per heavy atom. The molecular formula is C15H18BrNO. The lowest BCUT2D eigenvalue weighted by atomic mass is 10.1. The first-order chi connectivity index (χ1) is 8.70. The summed E-state index contributed by atoms with van der Waals surface area (Å²) < 4.78 is 5.75. The maximum Gasteiger partial charge on any atom is 0.226 e. The largest absolute Gasteiger partial charge is 0.441 e. The van der Waals surface area contributed by atoms with E-state index in [1.54, 1.807) is 0 Å². The van der Waals surface area contributed by atoms with Crippen molar-refractivity contribution in [3.8, 4) is 11.5 Å². The van der Waals surface area contributed by atoms with Crippen LogP contribution >= 0.6 is 15.9 Å². The van der Waals surface area contributed by atoms with Gasteiger partial charge in [0.15, 0.2) is 0 Å². The standard InChI is InChI=1S/C15H18BrNO/c1-11-6-8-13(9-7-11)15-17-14(12(2)18-15)5-3-4-10-16/h6-9H,3-5,10H2,1-2H3. The van der Waals surface area contributed by atoms with Crippen molar-refractivity contribution < 1.29 is 4.42 Å². The van der Waals surface area contributed by atoms with Crippen LogP contribution in [0.1, 0.15) is 29.9 Å². The first kappa shape index (κ1) is 13.3. The molecule has 3 heteroatoms. The van der Waals surface area contributed by atoms with Crippen LogP contribution in [0, 0.1) is 13.8 Å². The number of unbranched alkanes of at least 4 members (excludes halogenated alkanes) is 1. The van der Waals surface area contributed by atoms with E-state index < -0.39 is 0 Å². The van der Waals surface area contributed by atoms with Crippen LogP contribution in [0.25, 0.3) is 11.5 Å². The zero-order valence-electron chi connectivity index (χ0n) is 10.9. The van der Waals surface area contributed by atoms with E-state index in [1.807, 2.05) is 6.92 Å². The van der Waals surface area contributed by atoms with Gasteiger partial charge in [-0.05, 0) is 45.2 Å². The molecule has 2 rings (SSSR count). The average Bonchev–Trinajstić information content (AvgIpc) is 2.72. The molecular weight excluding hydrogens is 290 g/mol. The van der Waals surface area contributed by atoms with Crippen LogP contribution in [0.5, 0.6) is 0 Å². The van der Waals surface area contributed by atoms with Crippen LogP contribution in [0.4, 0.5) is 0 Å². The normalized spacial score (nSPS) is 10.8. The Morgan fingerprint density at radius 1 is 1.11 bits per heavy atom. The topological polar surface area (TPSA) is 26.0 Å². The molecule has 1 aromatic carbocycles. The van der Waals surface area contributed by atoms with Gasteiger partial charge < -0.3 is 4.42 Å². The SMILES string of the molecule is Cc1ccc(-c2nc(CCCCBr)c(C)o2)cc1. The van der Waals surface area contributed by atoms with Crippen LogP contribution in [-0.2, 0) is 6.42 Å². The molecule has 0 aliphatic rings. The summed E-state index contributed by atoms with van der Waals surface area (Å²) in [5.41, 5.74) is 3.39. The van der Waals surface area contributed by atoms with Gasteiger partial charge in [0.2, 0.25) is 5.89 Å². The lowest BCUT2D eigenvalue weighted by Crippen LogP contribution is -1.89. The van der Waals surface area contributed by atoms with E-state index in [0.29, 0.717) is 0 Å². The van der Waals surface area contributed by atoms with E-state index in [1.165, 1.54) is 12.0 Å². The van der Waals surface area contributed by atoms with Gasteiger partial charge in [-0.25, -0.2) is 4.98 Å². The second kappa shape index (κ2) is 6.19. The fourth-order valence-corrected chi connectivity index (χ4v) is 2.26. The Kier molecular flexibility index (Phi) is 4.59. The first-order valence-corrected chi connectivity index (χ1v) is 7.42. The summed E-state index contributed by atoms with van der Waals surface area (Å²) in [6.45, 7) is 4.07. The molecule has 0 unspecified atom stereocenters. The molecule has 0 saturated heterocycles. The van der Waals surface area contributed by atoms with E-state index in [2.05, 4.69) is 52.1 Å². The highest BCUT2D eigenvalue weighted by molar-refractivity contribution is 9.09. The summed E-state index contributed by atoms with van der Waals surface area (Å²) in [4.78, 5) is 4.60. The van der Waals surface area contributed by atoms with Gasteiger partial charge in [-0.2, -0.15) is 0 Å². The molecule has 18 heavy (non-hydrogen) atoms. The third-order valence-electron chi connectivity index (χ3n) is 2.99. The molecule has 0 N–H and O–H groups in total. The molecule has 2 aromatic rings. The summed E-state index contributed by atoms with van der Waals surface area (Å²) in [7, 11) is 0. The van der Waals surface area contributed by atoms with Crippen molar-refractivity contribution in [2.24, 2.45) is 0 Å². The van der Waals surface area contributed by atoms with Gasteiger partial charge in [-0.1, -0.05) is 33.6 Å². The highest BCUT2D eigenvalue weighted by Gasteiger charge is 2.10. The smallest absolute Gasteiger partial charge is 0.226 e. The van der Waals surface area contributed by atoms with Crippen molar-refractivity contribution in [2.45, 2.75) is 33.1 Å². The molecule has 0 atom stereocenters. The number of hydrogen-bond donors (Lipinski definition) is 0. The molecule has 0 saturated carbocycles. The Morgan fingerprint density at radius 2 is 1.83 bits per heavy atom. The predicted octanol–water partition coefficient (Wildman–Crippen LogP) is 4.68. The highest BCUT2D eigenvalue weighted by Crippen LogP contribution is 2.23. The maximum atomic E-state index is 5.75. The fourth-order valence-electron chi connectivity index (χ4n) is 1.87. The molecule has 0 spiro atoms. The van der Waals surface area contributed by atoms with Gasteiger partial charge in [0, 0.05) is 10.9 Å². The second-order valence-electron chi connectivity index (χ2n) is 4.53. The van der Waals surface area contributed by atoms with Gasteiger partial charge in [0.25, 0.3) is 0 Å². The zero-order chi connectivity index (χ0) is 13.0. The fraction of sp³-hybridized carbons (Fsp3) is 0.400. The number of halogens is 1. The van der Waals surface area contributed by atoms with Crippen molar-refractivity contribution in [1.82, 2.24) is 4.98 Å². The molecule has 1 heterocycles. The lowest BCUT2D eigenvalue weighted by molar-refractivity contribution is 0.538. The number of benzene rings is 1. The second-order valence-corrected chi connectivity index (χ2v) is 5.33. The van der Waals surface area contributed by atoms with Gasteiger partial charge in [0.1, 0.15) is 5.76 Å². The molecule has 0 fully saturated rings. The molecule has 0 radical (unpaired) electrons.